The Kier molecular flexibility index (Phi) is 6.27. The fraction of sp³-hybridized carbons (Fsp3) is 0.100. The second kappa shape index (κ2) is 10.1. The van der Waals surface area contributed by atoms with Gasteiger partial charge in [0.05, 0.1) is 23.7 Å². The second-order valence-electron chi connectivity index (χ2n) is 9.42. The lowest BCUT2D eigenvalue weighted by Crippen LogP contribution is -2.26. The van der Waals surface area contributed by atoms with Gasteiger partial charge in [-0.3, -0.25) is 4.79 Å². The van der Waals surface area contributed by atoms with Crippen LogP contribution < -0.4 is 11.3 Å². The van der Waals surface area contributed by atoms with Crippen LogP contribution in [-0.2, 0) is 6.54 Å². The van der Waals surface area contributed by atoms with Crippen molar-refractivity contribution >= 4 is 16.9 Å². The summed E-state index contributed by atoms with van der Waals surface area (Å²) in [6, 6.07) is 23.9. The highest BCUT2D eigenvalue weighted by Crippen LogP contribution is 2.36. The molecule has 3 aromatic heterocycles. The van der Waals surface area contributed by atoms with Crippen molar-refractivity contribution < 1.29 is 9.50 Å². The molecule has 1 unspecified atom stereocenters. The molecule has 3 N–H and O–H groups in total. The van der Waals surface area contributed by atoms with Gasteiger partial charge in [-0.1, -0.05) is 60.7 Å². The first kappa shape index (κ1) is 24.9. The van der Waals surface area contributed by atoms with Crippen LogP contribution in [0, 0.1) is 5.82 Å². The zero-order valence-electron chi connectivity index (χ0n) is 21.4. The molecule has 10 heteroatoms. The van der Waals surface area contributed by atoms with Gasteiger partial charge in [0, 0.05) is 28.8 Å². The van der Waals surface area contributed by atoms with Crippen molar-refractivity contribution in [1.29, 1.82) is 0 Å². The van der Waals surface area contributed by atoms with Crippen LogP contribution in [-0.4, -0.2) is 34.6 Å². The Labute approximate surface area is 228 Å². The quantitative estimate of drug-likeness (QED) is 0.315. The maximum atomic E-state index is 14.2. The Morgan fingerprint density at radius 1 is 0.900 bits per heavy atom. The highest BCUT2D eigenvalue weighted by atomic mass is 19.1. The molecule has 0 fully saturated rings. The van der Waals surface area contributed by atoms with Gasteiger partial charge < -0.3 is 10.8 Å². The summed E-state index contributed by atoms with van der Waals surface area (Å²) in [4.78, 5) is 21.9. The Balaban J connectivity index is 1.54. The lowest BCUT2D eigenvalue weighted by atomic mass is 10.0. The molecule has 3 heterocycles. The Hall–Kier alpha value is -5.38. The number of aromatic nitrogens is 6. The van der Waals surface area contributed by atoms with Crippen molar-refractivity contribution in [3.63, 3.8) is 0 Å². The maximum Gasteiger partial charge on any atom is 0.267 e. The topological polar surface area (TPSA) is 125 Å². The van der Waals surface area contributed by atoms with Crippen LogP contribution in [0.15, 0.2) is 96.1 Å². The van der Waals surface area contributed by atoms with E-state index in [0.29, 0.717) is 40.1 Å². The molecule has 0 spiro atoms. The largest absolute Gasteiger partial charge is 0.508 e. The summed E-state index contributed by atoms with van der Waals surface area (Å²) < 4.78 is 17.3. The molecule has 0 aliphatic carbocycles. The van der Waals surface area contributed by atoms with E-state index in [1.807, 2.05) is 67.6 Å². The third-order valence-electron chi connectivity index (χ3n) is 6.74. The molecule has 6 rings (SSSR count). The number of nitrogens with two attached hydrogens (primary N) is 1. The van der Waals surface area contributed by atoms with Crippen LogP contribution in [0.2, 0.25) is 0 Å². The molecule has 0 aliphatic heterocycles. The number of aromatic hydroxyl groups is 1. The predicted octanol–water partition coefficient (Wildman–Crippen LogP) is 4.80. The summed E-state index contributed by atoms with van der Waals surface area (Å²) in [6.07, 6.45) is 1.32. The van der Waals surface area contributed by atoms with Crippen molar-refractivity contribution in [1.82, 2.24) is 29.5 Å². The first-order chi connectivity index (χ1) is 19.4. The van der Waals surface area contributed by atoms with Crippen LogP contribution >= 0.6 is 0 Å². The van der Waals surface area contributed by atoms with Gasteiger partial charge in [-0.15, -0.1) is 0 Å². The summed E-state index contributed by atoms with van der Waals surface area (Å²) >= 11 is 0. The lowest BCUT2D eigenvalue weighted by Gasteiger charge is -2.18. The molecule has 40 heavy (non-hydrogen) atoms. The maximum absolute atomic E-state index is 14.2. The van der Waals surface area contributed by atoms with Crippen molar-refractivity contribution in [2.75, 3.05) is 5.73 Å². The number of fused-ring (bicyclic) bond motifs is 1. The van der Waals surface area contributed by atoms with E-state index in [-0.39, 0.29) is 17.1 Å². The van der Waals surface area contributed by atoms with Gasteiger partial charge in [0.25, 0.3) is 5.56 Å². The molecule has 0 saturated carbocycles. The Bertz CT molecular complexity index is 1880. The van der Waals surface area contributed by atoms with Gasteiger partial charge in [0.15, 0.2) is 5.65 Å². The van der Waals surface area contributed by atoms with Crippen LogP contribution in [0.5, 0.6) is 5.75 Å². The van der Waals surface area contributed by atoms with Crippen LogP contribution in [0.3, 0.4) is 0 Å². The van der Waals surface area contributed by atoms with Gasteiger partial charge in [0.2, 0.25) is 0 Å². The standard InChI is InChI=1S/C30H24FN7O2/c1-18(38-30-26(29(32)33-17-34-30)28(36-38)21-12-22(31)14-23(39)13-21)24-15-25(40)37(16-19-8-4-2-5-9-19)35-27(24)20-10-6-3-7-11-20/h2-15,17-18,39H,16H2,1H3,(H2,32,33,34). The minimum absolute atomic E-state index is 0.155. The van der Waals surface area contributed by atoms with E-state index in [0.717, 1.165) is 17.2 Å². The van der Waals surface area contributed by atoms with Crippen LogP contribution in [0.4, 0.5) is 10.2 Å². The summed E-state index contributed by atoms with van der Waals surface area (Å²) in [7, 11) is 0. The highest BCUT2D eigenvalue weighted by molar-refractivity contribution is 5.98. The molecule has 0 bridgehead atoms. The normalized spacial score (nSPS) is 12.1. The number of nitrogens with zero attached hydrogens (tertiary/aromatic N) is 6. The number of benzene rings is 3. The molecule has 3 aromatic carbocycles. The number of phenolic OH excluding ortho intramolecular Hbond substituents is 1. The highest BCUT2D eigenvalue weighted by Gasteiger charge is 2.25. The van der Waals surface area contributed by atoms with Crippen molar-refractivity contribution in [3.05, 3.63) is 119 Å². The summed E-state index contributed by atoms with van der Waals surface area (Å²) in [5, 5.41) is 20.0. The molecular weight excluding hydrogens is 509 g/mol. The van der Waals surface area contributed by atoms with Crippen LogP contribution in [0.25, 0.3) is 33.5 Å². The molecule has 198 valence electrons. The molecule has 0 saturated heterocycles. The minimum Gasteiger partial charge on any atom is -0.508 e. The first-order valence-electron chi connectivity index (χ1n) is 12.6. The van der Waals surface area contributed by atoms with E-state index in [1.54, 1.807) is 10.7 Å². The fourth-order valence-electron chi connectivity index (χ4n) is 4.82. The number of nitrogen functional groups attached to an aromatic ring is 1. The average Bonchev–Trinajstić information content (AvgIpc) is 3.35. The average molecular weight is 534 g/mol. The monoisotopic (exact) mass is 533 g/mol. The van der Waals surface area contributed by atoms with E-state index in [2.05, 4.69) is 9.97 Å². The Morgan fingerprint density at radius 3 is 2.35 bits per heavy atom. The third-order valence-corrected chi connectivity index (χ3v) is 6.74. The SMILES string of the molecule is CC(c1cc(=O)n(Cc2ccccc2)nc1-c1ccccc1)n1nc(-c2cc(O)cc(F)c2)c2c(N)ncnc21. The number of rotatable bonds is 6. The van der Waals surface area contributed by atoms with Crippen molar-refractivity contribution in [2.45, 2.75) is 19.5 Å². The fourth-order valence-corrected chi connectivity index (χ4v) is 4.82. The van der Waals surface area contributed by atoms with Gasteiger partial charge in [0.1, 0.15) is 29.4 Å². The van der Waals surface area contributed by atoms with E-state index >= 15 is 0 Å². The predicted molar refractivity (Wildman–Crippen MR) is 150 cm³/mol. The van der Waals surface area contributed by atoms with Gasteiger partial charge >= 0.3 is 0 Å². The van der Waals surface area contributed by atoms with Gasteiger partial charge in [-0.05, 0) is 24.6 Å². The lowest BCUT2D eigenvalue weighted by molar-refractivity contribution is 0.469. The molecular formula is C30H24FN7O2. The second-order valence-corrected chi connectivity index (χ2v) is 9.42. The zero-order chi connectivity index (χ0) is 27.8. The molecule has 6 aromatic rings. The zero-order valence-corrected chi connectivity index (χ0v) is 21.4. The third kappa shape index (κ3) is 4.55. The first-order valence-corrected chi connectivity index (χ1v) is 12.6. The minimum atomic E-state index is -0.626. The molecule has 9 nitrogen and oxygen atoms in total. The Morgan fingerprint density at radius 2 is 1.62 bits per heavy atom. The molecule has 1 atom stereocenters. The number of phenols is 1. The van der Waals surface area contributed by atoms with E-state index in [4.69, 9.17) is 15.9 Å². The van der Waals surface area contributed by atoms with E-state index in [1.165, 1.54) is 23.1 Å². The van der Waals surface area contributed by atoms with Crippen molar-refractivity contribution in [3.8, 4) is 28.3 Å². The molecule has 0 radical (unpaired) electrons. The molecule has 0 aliphatic rings. The smallest absolute Gasteiger partial charge is 0.267 e. The summed E-state index contributed by atoms with van der Waals surface area (Å²) in [5.74, 6) is -0.723. The summed E-state index contributed by atoms with van der Waals surface area (Å²) in [6.45, 7) is 2.19. The number of hydrogen-bond donors (Lipinski definition) is 2. The summed E-state index contributed by atoms with van der Waals surface area (Å²) in [5.41, 5.74) is 9.99. The van der Waals surface area contributed by atoms with Gasteiger partial charge in [-0.2, -0.15) is 10.2 Å². The van der Waals surface area contributed by atoms with Crippen LogP contribution in [0.1, 0.15) is 24.1 Å². The number of halogens is 1. The molecule has 0 amide bonds. The van der Waals surface area contributed by atoms with Gasteiger partial charge in [-0.25, -0.2) is 23.7 Å². The van der Waals surface area contributed by atoms with Crippen molar-refractivity contribution in [2.24, 2.45) is 0 Å². The number of hydrogen-bond acceptors (Lipinski definition) is 7. The number of anilines is 1. The van der Waals surface area contributed by atoms with E-state index < -0.39 is 11.9 Å². The van der Waals surface area contributed by atoms with E-state index in [9.17, 15) is 14.3 Å².